The summed E-state index contributed by atoms with van der Waals surface area (Å²) < 4.78 is 0. The summed E-state index contributed by atoms with van der Waals surface area (Å²) in [6, 6.07) is 11.3. The molecule has 1 atom stereocenters. The predicted molar refractivity (Wildman–Crippen MR) is 87.4 cm³/mol. The van der Waals surface area contributed by atoms with E-state index in [4.69, 9.17) is 11.6 Å². The third-order valence-corrected chi connectivity index (χ3v) is 4.18. The molecule has 1 aromatic carbocycles. The Hall–Kier alpha value is -1.38. The number of rotatable bonds is 7. The van der Waals surface area contributed by atoms with Crippen molar-refractivity contribution in [1.82, 2.24) is 4.98 Å². The van der Waals surface area contributed by atoms with Crippen LogP contribution in [0.5, 0.6) is 0 Å². The predicted octanol–water partition coefficient (Wildman–Crippen LogP) is 4.94. The monoisotopic (exact) mass is 303 g/mol. The first-order valence-electron chi connectivity index (χ1n) is 7.56. The summed E-state index contributed by atoms with van der Waals surface area (Å²) in [6.45, 7) is 2.18. The summed E-state index contributed by atoms with van der Waals surface area (Å²) in [5.41, 5.74) is 0.492. The van der Waals surface area contributed by atoms with E-state index in [0.29, 0.717) is 11.4 Å². The van der Waals surface area contributed by atoms with Crippen LogP contribution in [0, 0.1) is 0 Å². The second-order valence-electron chi connectivity index (χ2n) is 5.39. The van der Waals surface area contributed by atoms with Gasteiger partial charge in [-0.1, -0.05) is 62.1 Å². The van der Waals surface area contributed by atoms with Crippen molar-refractivity contribution in [3.63, 3.8) is 0 Å². The summed E-state index contributed by atoms with van der Waals surface area (Å²) in [6.07, 6.45) is 8.54. The average molecular weight is 304 g/mol. The van der Waals surface area contributed by atoms with E-state index in [-0.39, 0.29) is 0 Å². The number of nitrogens with zero attached hydrogens (tertiary/aromatic N) is 1. The highest BCUT2D eigenvalue weighted by molar-refractivity contribution is 6.31. The Morgan fingerprint density at radius 1 is 1.10 bits per heavy atom. The van der Waals surface area contributed by atoms with Gasteiger partial charge in [0.05, 0.1) is 0 Å². The van der Waals surface area contributed by atoms with Crippen molar-refractivity contribution in [2.24, 2.45) is 0 Å². The van der Waals surface area contributed by atoms with Gasteiger partial charge in [-0.3, -0.25) is 4.98 Å². The van der Waals surface area contributed by atoms with E-state index in [9.17, 15) is 5.11 Å². The lowest BCUT2D eigenvalue weighted by atomic mass is 9.82. The van der Waals surface area contributed by atoms with Crippen LogP contribution in [0.2, 0.25) is 5.02 Å². The van der Waals surface area contributed by atoms with Crippen molar-refractivity contribution in [3.8, 4) is 0 Å². The van der Waals surface area contributed by atoms with Gasteiger partial charge >= 0.3 is 0 Å². The highest BCUT2D eigenvalue weighted by Crippen LogP contribution is 2.38. The van der Waals surface area contributed by atoms with Crippen molar-refractivity contribution in [3.05, 3.63) is 64.9 Å². The Kier molecular flexibility index (Phi) is 5.77. The Balaban J connectivity index is 2.33. The smallest absolute Gasteiger partial charge is 0.118 e. The molecule has 112 valence electrons. The summed E-state index contributed by atoms with van der Waals surface area (Å²) in [4.78, 5) is 4.15. The Labute approximate surface area is 131 Å². The van der Waals surface area contributed by atoms with Crippen LogP contribution in [-0.4, -0.2) is 10.1 Å². The van der Waals surface area contributed by atoms with Gasteiger partial charge in [0.2, 0.25) is 0 Å². The second kappa shape index (κ2) is 7.58. The zero-order valence-electron chi connectivity index (χ0n) is 12.4. The molecule has 0 saturated carbocycles. The van der Waals surface area contributed by atoms with Gasteiger partial charge in [-0.2, -0.15) is 0 Å². The number of hydrogen-bond acceptors (Lipinski definition) is 2. The van der Waals surface area contributed by atoms with Crippen molar-refractivity contribution >= 4 is 11.6 Å². The van der Waals surface area contributed by atoms with Crippen LogP contribution in [0.4, 0.5) is 0 Å². The first kappa shape index (κ1) is 16.0. The molecule has 0 spiro atoms. The van der Waals surface area contributed by atoms with Crippen molar-refractivity contribution in [1.29, 1.82) is 0 Å². The largest absolute Gasteiger partial charge is 0.380 e. The molecule has 0 fully saturated rings. The summed E-state index contributed by atoms with van der Waals surface area (Å²) in [5.74, 6) is 0. The summed E-state index contributed by atoms with van der Waals surface area (Å²) in [7, 11) is 0. The number of benzene rings is 1. The number of aromatic nitrogens is 1. The van der Waals surface area contributed by atoms with Gasteiger partial charge in [-0.05, 0) is 25.0 Å². The van der Waals surface area contributed by atoms with Crippen LogP contribution < -0.4 is 0 Å². The SMILES string of the molecule is CCCCCCC(O)(c1cccnc1)c1ccccc1Cl. The molecule has 0 aliphatic heterocycles. The van der Waals surface area contributed by atoms with Gasteiger partial charge in [0.1, 0.15) is 5.60 Å². The number of unbranched alkanes of at least 4 members (excludes halogenated alkanes) is 3. The molecule has 1 aromatic heterocycles. The Morgan fingerprint density at radius 2 is 1.90 bits per heavy atom. The summed E-state index contributed by atoms with van der Waals surface area (Å²) >= 11 is 6.32. The van der Waals surface area contributed by atoms with E-state index in [2.05, 4.69) is 11.9 Å². The maximum Gasteiger partial charge on any atom is 0.118 e. The highest BCUT2D eigenvalue weighted by Gasteiger charge is 2.32. The minimum absolute atomic E-state index is 0.597. The van der Waals surface area contributed by atoms with E-state index < -0.39 is 5.60 Å². The van der Waals surface area contributed by atoms with E-state index >= 15 is 0 Å². The first-order chi connectivity index (χ1) is 10.2. The maximum absolute atomic E-state index is 11.3. The lowest BCUT2D eigenvalue weighted by molar-refractivity contribution is 0.0676. The molecule has 0 saturated heterocycles. The summed E-state index contributed by atoms with van der Waals surface area (Å²) in [5, 5.41) is 11.9. The van der Waals surface area contributed by atoms with Crippen LogP contribution >= 0.6 is 11.6 Å². The normalized spacial score (nSPS) is 13.9. The van der Waals surface area contributed by atoms with Crippen LogP contribution in [0.25, 0.3) is 0 Å². The lowest BCUT2D eigenvalue weighted by Gasteiger charge is -2.30. The molecular weight excluding hydrogens is 282 g/mol. The average Bonchev–Trinajstić information content (AvgIpc) is 2.53. The van der Waals surface area contributed by atoms with E-state index in [1.165, 1.54) is 12.8 Å². The molecule has 21 heavy (non-hydrogen) atoms. The van der Waals surface area contributed by atoms with E-state index in [1.54, 1.807) is 12.4 Å². The fraction of sp³-hybridized carbons (Fsp3) is 0.389. The van der Waals surface area contributed by atoms with Crippen LogP contribution in [0.3, 0.4) is 0 Å². The fourth-order valence-corrected chi connectivity index (χ4v) is 2.94. The van der Waals surface area contributed by atoms with Gasteiger partial charge < -0.3 is 5.11 Å². The first-order valence-corrected chi connectivity index (χ1v) is 7.94. The zero-order chi connectivity index (χ0) is 15.1. The highest BCUT2D eigenvalue weighted by atomic mass is 35.5. The molecule has 2 aromatic rings. The molecule has 0 amide bonds. The van der Waals surface area contributed by atoms with Crippen LogP contribution in [0.1, 0.15) is 50.2 Å². The third-order valence-electron chi connectivity index (χ3n) is 3.85. The van der Waals surface area contributed by atoms with Gasteiger partial charge in [0.25, 0.3) is 0 Å². The molecule has 0 radical (unpaired) electrons. The van der Waals surface area contributed by atoms with E-state index in [1.807, 2.05) is 36.4 Å². The fourth-order valence-electron chi connectivity index (χ4n) is 2.65. The topological polar surface area (TPSA) is 33.1 Å². The van der Waals surface area contributed by atoms with Gasteiger partial charge in [-0.25, -0.2) is 0 Å². The molecule has 2 rings (SSSR count). The van der Waals surface area contributed by atoms with E-state index in [0.717, 1.165) is 24.0 Å². The van der Waals surface area contributed by atoms with Crippen LogP contribution in [0.15, 0.2) is 48.8 Å². The molecule has 3 heteroatoms. The molecule has 0 bridgehead atoms. The quantitative estimate of drug-likeness (QED) is 0.735. The number of hydrogen-bond donors (Lipinski definition) is 1. The molecule has 0 aliphatic carbocycles. The molecule has 0 aliphatic rings. The van der Waals surface area contributed by atoms with Crippen molar-refractivity contribution < 1.29 is 5.11 Å². The number of pyridine rings is 1. The minimum atomic E-state index is -1.07. The Bertz CT molecular complexity index is 558. The van der Waals surface area contributed by atoms with Crippen molar-refractivity contribution in [2.45, 2.75) is 44.6 Å². The van der Waals surface area contributed by atoms with Gasteiger partial charge in [0, 0.05) is 28.5 Å². The maximum atomic E-state index is 11.3. The second-order valence-corrected chi connectivity index (χ2v) is 5.80. The minimum Gasteiger partial charge on any atom is -0.380 e. The lowest BCUT2D eigenvalue weighted by Crippen LogP contribution is -2.28. The molecule has 1 N–H and O–H groups in total. The van der Waals surface area contributed by atoms with Crippen LogP contribution in [-0.2, 0) is 5.60 Å². The molecule has 1 heterocycles. The molecular formula is C18H22ClNO. The number of halogens is 1. The van der Waals surface area contributed by atoms with Gasteiger partial charge in [0.15, 0.2) is 0 Å². The molecule has 1 unspecified atom stereocenters. The zero-order valence-corrected chi connectivity index (χ0v) is 13.2. The van der Waals surface area contributed by atoms with Crippen molar-refractivity contribution in [2.75, 3.05) is 0 Å². The standard InChI is InChI=1S/C18H22ClNO/c1-2-3-4-7-12-18(21,15-9-8-13-20-14-15)16-10-5-6-11-17(16)19/h5-6,8-11,13-14,21H,2-4,7,12H2,1H3. The third kappa shape index (κ3) is 3.84. The van der Waals surface area contributed by atoms with Gasteiger partial charge in [-0.15, -0.1) is 0 Å². The Morgan fingerprint density at radius 3 is 2.57 bits per heavy atom. The molecule has 2 nitrogen and oxygen atoms in total. The number of aliphatic hydroxyl groups is 1.